The Bertz CT molecular complexity index is 1310. The molecule has 0 aliphatic heterocycles. The summed E-state index contributed by atoms with van der Waals surface area (Å²) < 4.78 is 26.8. The van der Waals surface area contributed by atoms with E-state index in [4.69, 9.17) is 9.97 Å². The van der Waals surface area contributed by atoms with Crippen LogP contribution in [0.1, 0.15) is 71.1 Å². The molecule has 3 atom stereocenters. The van der Waals surface area contributed by atoms with Gasteiger partial charge in [0.15, 0.2) is 17.4 Å². The zero-order valence-electron chi connectivity index (χ0n) is 24.2. The van der Waals surface area contributed by atoms with Gasteiger partial charge in [0.2, 0.25) is 0 Å². The van der Waals surface area contributed by atoms with Crippen molar-refractivity contribution in [2.45, 2.75) is 72.6 Å². The van der Waals surface area contributed by atoms with Gasteiger partial charge in [-0.2, -0.15) is 0 Å². The number of hydrogen-bond acceptors (Lipinski definition) is 4. The van der Waals surface area contributed by atoms with Crippen LogP contribution in [0.3, 0.4) is 0 Å². The highest BCUT2D eigenvalue weighted by atomic mass is 31.0. The van der Waals surface area contributed by atoms with Gasteiger partial charge in [0.1, 0.15) is 5.82 Å². The van der Waals surface area contributed by atoms with Gasteiger partial charge < -0.3 is 5.32 Å². The maximum atomic E-state index is 13.6. The molecule has 1 fully saturated rings. The van der Waals surface area contributed by atoms with E-state index in [1.165, 1.54) is 11.6 Å². The molecule has 4 rings (SSSR count). The number of anilines is 1. The van der Waals surface area contributed by atoms with Gasteiger partial charge >= 0.3 is 0 Å². The maximum Gasteiger partial charge on any atom is 0.159 e. The molecule has 0 amide bonds. The van der Waals surface area contributed by atoms with E-state index in [9.17, 15) is 13.6 Å². The number of carbonyl (C=O) groups excluding carboxylic acids is 1. The molecule has 214 valence electrons. The molecular formula is C33H42F2N3OP. The summed E-state index contributed by atoms with van der Waals surface area (Å²) in [5.74, 6) is -0.878. The molecule has 2 aromatic carbocycles. The Morgan fingerprint density at radius 2 is 1.88 bits per heavy atom. The van der Waals surface area contributed by atoms with Gasteiger partial charge in [0, 0.05) is 12.0 Å². The molecule has 7 heteroatoms. The molecule has 3 aromatic rings. The minimum atomic E-state index is -0.952. The third-order valence-corrected chi connectivity index (χ3v) is 7.99. The van der Waals surface area contributed by atoms with E-state index in [1.807, 2.05) is 38.1 Å². The van der Waals surface area contributed by atoms with E-state index < -0.39 is 11.6 Å². The molecular weight excluding hydrogens is 523 g/mol. The van der Waals surface area contributed by atoms with Crippen molar-refractivity contribution in [1.29, 1.82) is 0 Å². The normalized spacial score (nSPS) is 18.9. The van der Waals surface area contributed by atoms with Crippen molar-refractivity contribution >= 4 is 26.1 Å². The summed E-state index contributed by atoms with van der Waals surface area (Å²) in [6.07, 6.45) is 7.72. The number of aromatic nitrogens is 2. The molecule has 1 aromatic heterocycles. The second-order valence-corrected chi connectivity index (χ2v) is 11.5. The number of rotatable bonds is 9. The molecule has 1 heterocycles. The fraction of sp³-hybridized carbons (Fsp3) is 0.424. The SMILES string of the molecule is C=C1CCC(CC)(Cc2nc(-c3ccc(P)cc3)cnc2NCC(=O)Cc2ccc(F)c(F)c2)CC(C)C1.CC. The first-order valence-electron chi connectivity index (χ1n) is 14.2. The lowest BCUT2D eigenvalue weighted by atomic mass is 9.72. The summed E-state index contributed by atoms with van der Waals surface area (Å²) in [7, 11) is 2.69. The van der Waals surface area contributed by atoms with Crippen LogP contribution in [0.2, 0.25) is 0 Å². The molecule has 4 nitrogen and oxygen atoms in total. The second-order valence-electron chi connectivity index (χ2n) is 10.8. The fourth-order valence-electron chi connectivity index (χ4n) is 5.53. The Hall–Kier alpha value is -2.98. The molecule has 0 bridgehead atoms. The van der Waals surface area contributed by atoms with Crippen LogP contribution in [0.25, 0.3) is 11.3 Å². The van der Waals surface area contributed by atoms with E-state index in [-0.39, 0.29) is 24.2 Å². The molecule has 1 saturated carbocycles. The molecule has 40 heavy (non-hydrogen) atoms. The van der Waals surface area contributed by atoms with Crippen molar-refractivity contribution in [1.82, 2.24) is 9.97 Å². The molecule has 1 N–H and O–H groups in total. The quantitative estimate of drug-likeness (QED) is 0.163. The van der Waals surface area contributed by atoms with Crippen LogP contribution < -0.4 is 10.6 Å². The largest absolute Gasteiger partial charge is 0.361 e. The van der Waals surface area contributed by atoms with Gasteiger partial charge in [-0.3, -0.25) is 4.79 Å². The van der Waals surface area contributed by atoms with Crippen LogP contribution in [-0.2, 0) is 17.6 Å². The van der Waals surface area contributed by atoms with E-state index in [1.54, 1.807) is 6.20 Å². The zero-order valence-corrected chi connectivity index (χ0v) is 25.4. The van der Waals surface area contributed by atoms with Crippen LogP contribution >= 0.6 is 9.24 Å². The predicted octanol–water partition coefficient (Wildman–Crippen LogP) is 7.88. The number of nitrogens with zero attached hydrogens (tertiary/aromatic N) is 2. The first-order valence-corrected chi connectivity index (χ1v) is 14.8. The summed E-state index contributed by atoms with van der Waals surface area (Å²) in [5, 5.41) is 4.30. The average molecular weight is 566 g/mol. The Labute approximate surface area is 240 Å². The Kier molecular flexibility index (Phi) is 11.5. The van der Waals surface area contributed by atoms with Crippen molar-refractivity contribution in [2.24, 2.45) is 11.3 Å². The van der Waals surface area contributed by atoms with Gasteiger partial charge in [-0.05, 0) is 66.4 Å². The summed E-state index contributed by atoms with van der Waals surface area (Å²) in [5.41, 5.74) is 4.45. The molecule has 1 aliphatic rings. The minimum absolute atomic E-state index is 0.00491. The van der Waals surface area contributed by atoms with Crippen molar-refractivity contribution in [3.63, 3.8) is 0 Å². The summed E-state index contributed by atoms with van der Waals surface area (Å²) in [6, 6.07) is 11.7. The fourth-order valence-corrected chi connectivity index (χ4v) is 5.72. The lowest BCUT2D eigenvalue weighted by Crippen LogP contribution is -2.26. The zero-order chi connectivity index (χ0) is 29.3. The van der Waals surface area contributed by atoms with Gasteiger partial charge in [-0.25, -0.2) is 18.7 Å². The summed E-state index contributed by atoms with van der Waals surface area (Å²) >= 11 is 0. The smallest absolute Gasteiger partial charge is 0.159 e. The Morgan fingerprint density at radius 1 is 1.15 bits per heavy atom. The van der Waals surface area contributed by atoms with Gasteiger partial charge in [-0.15, -0.1) is 9.24 Å². The number of carbonyl (C=O) groups is 1. The lowest BCUT2D eigenvalue weighted by molar-refractivity contribution is -0.116. The number of halogens is 2. The average Bonchev–Trinajstić information content (AvgIpc) is 3.08. The third kappa shape index (κ3) is 8.51. The molecule has 1 aliphatic carbocycles. The van der Waals surface area contributed by atoms with E-state index in [2.05, 4.69) is 35.0 Å². The van der Waals surface area contributed by atoms with E-state index in [0.717, 1.165) is 72.9 Å². The van der Waals surface area contributed by atoms with Crippen LogP contribution in [0.4, 0.5) is 14.6 Å². The van der Waals surface area contributed by atoms with Crippen molar-refractivity contribution in [3.8, 4) is 11.3 Å². The highest BCUT2D eigenvalue weighted by Gasteiger charge is 2.34. The van der Waals surface area contributed by atoms with Crippen molar-refractivity contribution in [3.05, 3.63) is 83.7 Å². The minimum Gasteiger partial charge on any atom is -0.361 e. The first kappa shape index (κ1) is 31.5. The van der Waals surface area contributed by atoms with E-state index >= 15 is 0 Å². The third-order valence-electron chi connectivity index (χ3n) is 7.61. The molecule has 0 spiro atoms. The Morgan fingerprint density at radius 3 is 2.55 bits per heavy atom. The van der Waals surface area contributed by atoms with Gasteiger partial charge in [-0.1, -0.05) is 76.6 Å². The van der Waals surface area contributed by atoms with Crippen LogP contribution in [-0.4, -0.2) is 22.3 Å². The summed E-state index contributed by atoms with van der Waals surface area (Å²) in [6.45, 7) is 12.8. The van der Waals surface area contributed by atoms with E-state index in [0.29, 0.717) is 17.3 Å². The molecule has 0 radical (unpaired) electrons. The Balaban J connectivity index is 0.00000216. The number of nitrogens with one attached hydrogen (secondary N) is 1. The second kappa shape index (κ2) is 14.6. The first-order chi connectivity index (χ1) is 19.2. The van der Waals surface area contributed by atoms with Crippen LogP contribution in [0.15, 0.2) is 60.8 Å². The highest BCUT2D eigenvalue weighted by molar-refractivity contribution is 7.27. The van der Waals surface area contributed by atoms with Crippen LogP contribution in [0.5, 0.6) is 0 Å². The number of Topliss-reactive ketones (excluding diaryl/α,β-unsaturated/α-hetero) is 1. The number of allylic oxidation sites excluding steroid dienone is 1. The number of benzene rings is 2. The lowest BCUT2D eigenvalue weighted by Gasteiger charge is -2.33. The van der Waals surface area contributed by atoms with Crippen LogP contribution in [0, 0.1) is 23.0 Å². The standard InChI is InChI=1S/C31H36F2N3OP.C2H6/c1-4-31(12-11-20(2)13-21(3)16-31)17-28-30(35-19-29(36-28)23-6-8-25(38)9-7-23)34-18-24(37)14-22-5-10-26(32)27(33)15-22;1-2/h5-10,15,19,21H,2,4,11-14,16-18,38H2,1,3H3,(H,34,35);1-2H3. The number of ketones is 1. The topological polar surface area (TPSA) is 54.9 Å². The highest BCUT2D eigenvalue weighted by Crippen LogP contribution is 2.44. The van der Waals surface area contributed by atoms with Crippen molar-refractivity contribution < 1.29 is 13.6 Å². The van der Waals surface area contributed by atoms with Crippen molar-refractivity contribution in [2.75, 3.05) is 11.9 Å². The number of hydrogen-bond donors (Lipinski definition) is 1. The molecule has 0 saturated heterocycles. The van der Waals surface area contributed by atoms with Gasteiger partial charge in [0.25, 0.3) is 0 Å². The van der Waals surface area contributed by atoms with Gasteiger partial charge in [0.05, 0.1) is 24.1 Å². The molecule has 3 unspecified atom stereocenters. The monoisotopic (exact) mass is 565 g/mol. The maximum absolute atomic E-state index is 13.6. The predicted molar refractivity (Wildman–Crippen MR) is 165 cm³/mol. The summed E-state index contributed by atoms with van der Waals surface area (Å²) in [4.78, 5) is 22.5.